The lowest BCUT2D eigenvalue weighted by atomic mass is 10.2. The van der Waals surface area contributed by atoms with Crippen molar-refractivity contribution in [2.75, 3.05) is 19.5 Å². The number of carboxylic acid groups (broad SMARTS) is 1. The molecule has 0 bridgehead atoms. The van der Waals surface area contributed by atoms with Gasteiger partial charge in [-0.1, -0.05) is 12.1 Å². The number of nitrogens with zero attached hydrogens (tertiary/aromatic N) is 1. The summed E-state index contributed by atoms with van der Waals surface area (Å²) in [4.78, 5) is 12.4. The van der Waals surface area contributed by atoms with Gasteiger partial charge in [0.05, 0.1) is 12.1 Å². The van der Waals surface area contributed by atoms with E-state index in [9.17, 15) is 18.0 Å². The lowest BCUT2D eigenvalue weighted by molar-refractivity contribution is -0.141. The van der Waals surface area contributed by atoms with Crippen LogP contribution >= 0.6 is 11.8 Å². The summed E-state index contributed by atoms with van der Waals surface area (Å²) in [7, 11) is 1.34. The Bertz CT molecular complexity index is 423. The second-order valence-electron chi connectivity index (χ2n) is 3.70. The van der Waals surface area contributed by atoms with E-state index in [1.54, 1.807) is 18.2 Å². The maximum Gasteiger partial charge on any atom is 0.401 e. The van der Waals surface area contributed by atoms with Crippen molar-refractivity contribution in [1.82, 2.24) is 4.90 Å². The van der Waals surface area contributed by atoms with Gasteiger partial charge in [-0.3, -0.25) is 4.90 Å². The molecule has 18 heavy (non-hydrogen) atoms. The molecule has 0 heterocycles. The predicted octanol–water partition coefficient (Wildman–Crippen LogP) is 2.93. The molecule has 0 saturated carbocycles. The van der Waals surface area contributed by atoms with Gasteiger partial charge in [-0.05, 0) is 19.2 Å². The third-order valence-corrected chi connectivity index (χ3v) is 3.24. The van der Waals surface area contributed by atoms with Crippen LogP contribution in [-0.2, 0) is 0 Å². The van der Waals surface area contributed by atoms with E-state index in [1.807, 2.05) is 0 Å². The van der Waals surface area contributed by atoms with Crippen molar-refractivity contribution < 1.29 is 23.1 Å². The van der Waals surface area contributed by atoms with Crippen molar-refractivity contribution in [2.24, 2.45) is 0 Å². The molecule has 7 heteroatoms. The molecule has 0 atom stereocenters. The predicted molar refractivity (Wildman–Crippen MR) is 62.8 cm³/mol. The zero-order chi connectivity index (χ0) is 13.8. The molecule has 0 aliphatic carbocycles. The highest BCUT2D eigenvalue weighted by Gasteiger charge is 2.29. The molecule has 0 aliphatic heterocycles. The number of alkyl halides is 3. The van der Waals surface area contributed by atoms with Crippen LogP contribution in [0.25, 0.3) is 0 Å². The number of carboxylic acids is 1. The second kappa shape index (κ2) is 6.10. The normalized spacial score (nSPS) is 11.8. The number of thioether (sulfide) groups is 1. The van der Waals surface area contributed by atoms with Crippen molar-refractivity contribution in [3.8, 4) is 0 Å². The van der Waals surface area contributed by atoms with Gasteiger partial charge in [0.2, 0.25) is 0 Å². The van der Waals surface area contributed by atoms with E-state index in [-0.39, 0.29) is 11.4 Å². The number of carbonyl (C=O) groups is 1. The maximum absolute atomic E-state index is 12.1. The standard InChI is InChI=1S/C11H12F3NO2S/c1-15(6-11(12,13)14)7-18-9-5-3-2-4-8(9)10(16)17/h2-5H,6-7H2,1H3,(H,16,17). The van der Waals surface area contributed by atoms with Gasteiger partial charge in [0, 0.05) is 10.8 Å². The number of hydrogen-bond donors (Lipinski definition) is 1. The van der Waals surface area contributed by atoms with E-state index in [0.717, 1.165) is 16.7 Å². The number of aromatic carboxylic acids is 1. The molecule has 1 N–H and O–H groups in total. The quantitative estimate of drug-likeness (QED) is 0.664. The first kappa shape index (κ1) is 14.8. The summed E-state index contributed by atoms with van der Waals surface area (Å²) in [6.07, 6.45) is -4.25. The van der Waals surface area contributed by atoms with Gasteiger partial charge in [-0.2, -0.15) is 13.2 Å². The number of hydrogen-bond acceptors (Lipinski definition) is 3. The Morgan fingerprint density at radius 1 is 1.39 bits per heavy atom. The number of halogens is 3. The number of benzene rings is 1. The summed E-state index contributed by atoms with van der Waals surface area (Å²) in [6, 6.07) is 6.23. The summed E-state index contributed by atoms with van der Waals surface area (Å²) in [5, 5.41) is 8.91. The van der Waals surface area contributed by atoms with Gasteiger partial charge < -0.3 is 5.11 Å². The molecule has 0 aliphatic rings. The lowest BCUT2D eigenvalue weighted by Crippen LogP contribution is -2.30. The molecule has 0 unspecified atom stereocenters. The van der Waals surface area contributed by atoms with E-state index in [1.165, 1.54) is 13.1 Å². The summed E-state index contributed by atoms with van der Waals surface area (Å²) in [5.41, 5.74) is 0.0999. The molecule has 1 aromatic carbocycles. The third kappa shape index (κ3) is 4.97. The van der Waals surface area contributed by atoms with Crippen LogP contribution in [0.3, 0.4) is 0 Å². The SMILES string of the molecule is CN(CSc1ccccc1C(=O)O)CC(F)(F)F. The van der Waals surface area contributed by atoms with Crippen molar-refractivity contribution in [2.45, 2.75) is 11.1 Å². The Morgan fingerprint density at radius 2 is 2.00 bits per heavy atom. The molecule has 0 fully saturated rings. The highest BCUT2D eigenvalue weighted by Crippen LogP contribution is 2.24. The van der Waals surface area contributed by atoms with E-state index < -0.39 is 18.7 Å². The van der Waals surface area contributed by atoms with Gasteiger partial charge in [0.1, 0.15) is 0 Å². The maximum atomic E-state index is 12.1. The zero-order valence-corrected chi connectivity index (χ0v) is 10.4. The first-order valence-corrected chi connectivity index (χ1v) is 5.98. The van der Waals surface area contributed by atoms with Gasteiger partial charge >= 0.3 is 12.1 Å². The molecule has 100 valence electrons. The van der Waals surface area contributed by atoms with Crippen LogP contribution in [0, 0.1) is 0 Å². The third-order valence-electron chi connectivity index (χ3n) is 2.01. The van der Waals surface area contributed by atoms with E-state index in [0.29, 0.717) is 4.90 Å². The minimum absolute atomic E-state index is 0.0732. The van der Waals surface area contributed by atoms with E-state index in [2.05, 4.69) is 0 Å². The highest BCUT2D eigenvalue weighted by atomic mass is 32.2. The van der Waals surface area contributed by atoms with Crippen molar-refractivity contribution in [1.29, 1.82) is 0 Å². The van der Waals surface area contributed by atoms with Gasteiger partial charge in [0.25, 0.3) is 0 Å². The topological polar surface area (TPSA) is 40.5 Å². The first-order chi connectivity index (χ1) is 8.29. The fourth-order valence-corrected chi connectivity index (χ4v) is 2.24. The van der Waals surface area contributed by atoms with Gasteiger partial charge in [-0.25, -0.2) is 4.79 Å². The van der Waals surface area contributed by atoms with Crippen molar-refractivity contribution in [3.63, 3.8) is 0 Å². The molecule has 0 aromatic heterocycles. The van der Waals surface area contributed by atoms with Gasteiger partial charge in [0.15, 0.2) is 0 Å². The van der Waals surface area contributed by atoms with Crippen molar-refractivity contribution in [3.05, 3.63) is 29.8 Å². The number of rotatable bonds is 5. The summed E-state index contributed by atoms with van der Waals surface area (Å²) in [5.74, 6) is -1.01. The highest BCUT2D eigenvalue weighted by molar-refractivity contribution is 7.99. The molecular weight excluding hydrogens is 267 g/mol. The smallest absolute Gasteiger partial charge is 0.401 e. The van der Waals surface area contributed by atoms with Crippen LogP contribution in [0.4, 0.5) is 13.2 Å². The Morgan fingerprint density at radius 3 is 2.56 bits per heavy atom. The molecule has 0 saturated heterocycles. The van der Waals surface area contributed by atoms with Crippen LogP contribution in [-0.4, -0.2) is 41.6 Å². The van der Waals surface area contributed by atoms with E-state index >= 15 is 0 Å². The molecule has 3 nitrogen and oxygen atoms in total. The summed E-state index contributed by atoms with van der Waals surface area (Å²) >= 11 is 1.07. The molecular formula is C11H12F3NO2S. The largest absolute Gasteiger partial charge is 0.478 e. The minimum Gasteiger partial charge on any atom is -0.478 e. The average Bonchev–Trinajstić information content (AvgIpc) is 2.24. The summed E-state index contributed by atoms with van der Waals surface area (Å²) < 4.78 is 36.3. The van der Waals surface area contributed by atoms with Gasteiger partial charge in [-0.15, -0.1) is 11.8 Å². The zero-order valence-electron chi connectivity index (χ0n) is 9.57. The molecule has 0 spiro atoms. The Labute approximate surface area is 107 Å². The fraction of sp³-hybridized carbons (Fsp3) is 0.364. The van der Waals surface area contributed by atoms with E-state index in [4.69, 9.17) is 5.11 Å². The minimum atomic E-state index is -4.25. The Hall–Kier alpha value is -1.21. The molecule has 0 amide bonds. The first-order valence-electron chi connectivity index (χ1n) is 5.00. The molecule has 1 aromatic rings. The molecule has 0 radical (unpaired) electrons. The van der Waals surface area contributed by atoms with Crippen LogP contribution in [0.5, 0.6) is 0 Å². The Balaban J connectivity index is 2.61. The lowest BCUT2D eigenvalue weighted by Gasteiger charge is -2.18. The van der Waals surface area contributed by atoms with Crippen LogP contribution in [0.2, 0.25) is 0 Å². The van der Waals surface area contributed by atoms with Crippen LogP contribution < -0.4 is 0 Å². The second-order valence-corrected chi connectivity index (χ2v) is 4.69. The van der Waals surface area contributed by atoms with Crippen molar-refractivity contribution >= 4 is 17.7 Å². The average molecular weight is 279 g/mol. The Kier molecular flexibility index (Phi) is 5.03. The van der Waals surface area contributed by atoms with Crippen LogP contribution in [0.1, 0.15) is 10.4 Å². The van der Waals surface area contributed by atoms with Crippen LogP contribution in [0.15, 0.2) is 29.2 Å². The fourth-order valence-electron chi connectivity index (χ4n) is 1.30. The monoisotopic (exact) mass is 279 g/mol. The molecule has 1 rings (SSSR count). The summed E-state index contributed by atoms with van der Waals surface area (Å²) in [6.45, 7) is -1.02.